The summed E-state index contributed by atoms with van der Waals surface area (Å²) >= 11 is 6.09. The first-order valence-electron chi connectivity index (χ1n) is 34.6. The van der Waals surface area contributed by atoms with E-state index in [1.807, 2.05) is 18.2 Å². The minimum absolute atomic E-state index is 0.0519. The summed E-state index contributed by atoms with van der Waals surface area (Å²) in [6.07, 6.45) is 1.66. The van der Waals surface area contributed by atoms with Gasteiger partial charge in [-0.05, 0) is 148 Å². The molecule has 0 atom stereocenters. The summed E-state index contributed by atoms with van der Waals surface area (Å²) in [4.78, 5) is 101. The van der Waals surface area contributed by atoms with E-state index in [2.05, 4.69) is 41.7 Å². The van der Waals surface area contributed by atoms with E-state index in [0.29, 0.717) is 131 Å². The van der Waals surface area contributed by atoms with Crippen LogP contribution in [0, 0.1) is 35.3 Å². The Bertz CT molecular complexity index is 4420. The molecule has 0 radical (unpaired) electrons. The molecule has 0 spiro atoms. The molecule has 4 saturated heterocycles. The Hall–Kier alpha value is -11.4. The number of hydrogen-bond donors (Lipinski definition) is 4. The average Bonchev–Trinajstić information content (AvgIpc) is 0.833. The van der Waals surface area contributed by atoms with Gasteiger partial charge in [-0.3, -0.25) is 40.4 Å². The first-order valence-corrected chi connectivity index (χ1v) is 35.0. The summed E-state index contributed by atoms with van der Waals surface area (Å²) in [6, 6.07) is 35.3. The number of likely N-dealkylation sites (tertiary alicyclic amines) is 4. The van der Waals surface area contributed by atoms with E-state index in [1.54, 1.807) is 63.0 Å². The number of para-hydroxylation sites is 3. The van der Waals surface area contributed by atoms with Crippen molar-refractivity contribution in [2.75, 3.05) is 100 Å². The molecule has 4 fully saturated rings. The largest absolute Gasteiger partial charge is 0.493 e. The zero-order chi connectivity index (χ0) is 76.6. The zero-order valence-corrected chi connectivity index (χ0v) is 60.1. The number of aryl methyl sites for hydroxylation is 4. The van der Waals surface area contributed by atoms with E-state index in [1.165, 1.54) is 120 Å². The molecule has 0 bridgehead atoms. The third-order valence-electron chi connectivity index (χ3n) is 18.0. The van der Waals surface area contributed by atoms with Crippen LogP contribution >= 0.6 is 11.6 Å². The lowest BCUT2D eigenvalue weighted by atomic mass is 9.98. The lowest BCUT2D eigenvalue weighted by molar-refractivity contribution is -0.139. The average molecular weight is 1510 g/mol. The predicted octanol–water partition coefficient (Wildman–Crippen LogP) is 10.4. The molecule has 570 valence electrons. The summed E-state index contributed by atoms with van der Waals surface area (Å²) in [5.74, 6) is 2.93. The third-order valence-corrected chi connectivity index (χ3v) is 18.3. The van der Waals surface area contributed by atoms with Crippen molar-refractivity contribution in [2.45, 2.75) is 57.5 Å². The molecule has 28 nitrogen and oxygen atoms in total. The van der Waals surface area contributed by atoms with Gasteiger partial charge in [-0.2, -0.15) is 33.6 Å². The number of urea groups is 4. The van der Waals surface area contributed by atoms with Gasteiger partial charge in [0, 0.05) is 111 Å². The minimum atomic E-state index is -4.47. The van der Waals surface area contributed by atoms with Crippen molar-refractivity contribution >= 4 is 59.0 Å². The van der Waals surface area contributed by atoms with Crippen LogP contribution in [0.3, 0.4) is 0 Å². The fraction of sp³-hybridized carbons (Fsp3) is 0.397. The maximum atomic E-state index is 13.6. The summed E-state index contributed by atoms with van der Waals surface area (Å²) < 4.78 is 92.9. The molecule has 107 heavy (non-hydrogen) atoms. The van der Waals surface area contributed by atoms with E-state index < -0.39 is 11.7 Å². The maximum Gasteiger partial charge on any atom is 0.419 e. The summed E-state index contributed by atoms with van der Waals surface area (Å²) in [5, 5.41) is 27.3. The number of aromatic nitrogens is 8. The van der Waals surface area contributed by atoms with Crippen LogP contribution in [0.4, 0.5) is 64.4 Å². The molecule has 0 aliphatic carbocycles. The SMILES string of the molecule is Cn1nc(NC(=O)N2CCC(COc3cccc(F)c3)CC2)ccc1=O.Cn1nc(NC(=O)N2CCC(COc3ccccc3C(F)(F)F)CC2)ccc1=O.Cn1nc(NC(=O)N2CCC(COc3ccccc3Cl)CC2)ccc1=O.Cn1nc(NC(=O)N2CCC(COc3ccccc3F)CC2)ccc1=O. The molecular formula is C73H84ClF5N16O12. The number of alkyl halides is 3. The fourth-order valence-electron chi connectivity index (χ4n) is 11.6. The van der Waals surface area contributed by atoms with Crippen LogP contribution in [-0.2, 0) is 34.4 Å². The quantitative estimate of drug-likeness (QED) is 0.0654. The van der Waals surface area contributed by atoms with E-state index in [4.69, 9.17) is 30.5 Å². The van der Waals surface area contributed by atoms with Crippen LogP contribution in [0.2, 0.25) is 5.02 Å². The highest BCUT2D eigenvalue weighted by molar-refractivity contribution is 6.32. The van der Waals surface area contributed by atoms with Crippen molar-refractivity contribution in [3.8, 4) is 23.0 Å². The zero-order valence-electron chi connectivity index (χ0n) is 59.3. The van der Waals surface area contributed by atoms with Gasteiger partial charge in [0.1, 0.15) is 23.1 Å². The second-order valence-electron chi connectivity index (χ2n) is 25.7. The van der Waals surface area contributed by atoms with Gasteiger partial charge in [0.05, 0.1) is 37.0 Å². The molecule has 4 aromatic carbocycles. The Morgan fingerprint density at radius 2 is 0.710 bits per heavy atom. The molecule has 4 aromatic heterocycles. The van der Waals surface area contributed by atoms with Gasteiger partial charge in [-0.15, -0.1) is 0 Å². The molecule has 4 aliphatic heterocycles. The number of halogens is 6. The number of piperidine rings is 4. The van der Waals surface area contributed by atoms with Gasteiger partial charge in [0.15, 0.2) is 34.8 Å². The number of rotatable bonds is 16. The van der Waals surface area contributed by atoms with E-state index in [0.717, 1.165) is 49.3 Å². The number of benzene rings is 4. The second kappa shape index (κ2) is 38.6. The molecule has 8 heterocycles. The Morgan fingerprint density at radius 3 is 1.05 bits per heavy atom. The van der Waals surface area contributed by atoms with Crippen LogP contribution in [0.25, 0.3) is 0 Å². The second-order valence-corrected chi connectivity index (χ2v) is 26.1. The number of carbonyl (C=O) groups is 4. The van der Waals surface area contributed by atoms with Crippen LogP contribution < -0.4 is 62.5 Å². The standard InChI is InChI=1S/C19H21F3N4O3.C18H21ClN4O3.2C18H21FN4O3/c1-25-17(27)7-6-16(24-25)23-18(28)26-10-8-13(9-11-26)12-29-15-5-3-2-4-14(15)19(20,21)22;1-22-17(24)7-6-16(21-22)20-18(25)23-10-8-13(9-11-23)12-26-15-5-3-2-4-14(15)19;1-22-17(24)6-5-16(21-22)20-18(25)23-9-7-13(8-10-23)12-26-15-4-2-3-14(19)11-15;1-22-17(24)7-6-16(21-22)20-18(25)23-10-8-13(9-11-23)12-26-15-5-3-2-4-14(15)19/h2-7,13H,8-12H2,1H3,(H,23,24,28);2-7,13H,8-12H2,1H3,(H,20,21,25);2-6,11,13H,7-10,12H2,1H3,(H,20,21,25);2-7,13H,8-12H2,1H3,(H,20,21,25). The summed E-state index contributed by atoms with van der Waals surface area (Å²) in [7, 11) is 6.09. The highest BCUT2D eigenvalue weighted by Crippen LogP contribution is 2.37. The molecule has 12 rings (SSSR count). The van der Waals surface area contributed by atoms with E-state index in [9.17, 15) is 60.3 Å². The molecule has 4 N–H and O–H groups in total. The van der Waals surface area contributed by atoms with Crippen LogP contribution in [0.15, 0.2) is 165 Å². The normalized spacial score (nSPS) is 15.0. The number of nitrogens with one attached hydrogen (secondary N) is 4. The van der Waals surface area contributed by atoms with Crippen LogP contribution in [0.1, 0.15) is 56.9 Å². The van der Waals surface area contributed by atoms with Gasteiger partial charge in [-0.25, -0.2) is 46.7 Å². The topological polar surface area (TPSA) is 306 Å². The Morgan fingerprint density at radius 1 is 0.402 bits per heavy atom. The van der Waals surface area contributed by atoms with E-state index in [-0.39, 0.29) is 93.8 Å². The fourth-order valence-corrected chi connectivity index (χ4v) is 11.8. The molecule has 4 aliphatic rings. The Kier molecular flexibility index (Phi) is 28.7. The first kappa shape index (κ1) is 79.7. The third kappa shape index (κ3) is 24.6. The highest BCUT2D eigenvalue weighted by Gasteiger charge is 2.35. The first-order chi connectivity index (χ1) is 51.3. The summed E-state index contributed by atoms with van der Waals surface area (Å²) in [5.41, 5.74) is -1.76. The van der Waals surface area contributed by atoms with Crippen molar-refractivity contribution in [2.24, 2.45) is 51.9 Å². The van der Waals surface area contributed by atoms with Gasteiger partial charge in [0.2, 0.25) is 0 Å². The number of carbonyl (C=O) groups excluding carboxylic acids is 4. The summed E-state index contributed by atoms with van der Waals surface area (Å²) in [6.45, 7) is 6.25. The van der Waals surface area contributed by atoms with Gasteiger partial charge in [0.25, 0.3) is 22.2 Å². The lowest BCUT2D eigenvalue weighted by Crippen LogP contribution is -2.42. The maximum absolute atomic E-state index is 13.6. The van der Waals surface area contributed by atoms with Crippen molar-refractivity contribution in [3.63, 3.8) is 0 Å². The van der Waals surface area contributed by atoms with Crippen molar-refractivity contribution in [3.05, 3.63) is 209 Å². The predicted molar refractivity (Wildman–Crippen MR) is 389 cm³/mol. The van der Waals surface area contributed by atoms with Crippen molar-refractivity contribution in [1.82, 2.24) is 58.7 Å². The van der Waals surface area contributed by atoms with Crippen LogP contribution in [0.5, 0.6) is 23.0 Å². The smallest absolute Gasteiger partial charge is 0.419 e. The number of anilines is 4. The lowest BCUT2D eigenvalue weighted by Gasteiger charge is -2.32. The Labute approximate surface area is 616 Å². The van der Waals surface area contributed by atoms with Crippen molar-refractivity contribution < 1.29 is 60.1 Å². The van der Waals surface area contributed by atoms with Crippen molar-refractivity contribution in [1.29, 1.82) is 0 Å². The number of ether oxygens (including phenoxy) is 4. The number of nitrogens with zero attached hydrogens (tertiary/aromatic N) is 12. The molecule has 8 aromatic rings. The van der Waals surface area contributed by atoms with Gasteiger partial charge in [-0.1, -0.05) is 54.1 Å². The van der Waals surface area contributed by atoms with Gasteiger partial charge < -0.3 is 38.5 Å². The Balaban J connectivity index is 0.000000165. The minimum Gasteiger partial charge on any atom is -0.493 e. The molecule has 0 unspecified atom stereocenters. The number of hydrogen-bond acceptors (Lipinski definition) is 16. The van der Waals surface area contributed by atoms with E-state index >= 15 is 0 Å². The van der Waals surface area contributed by atoms with Gasteiger partial charge >= 0.3 is 30.3 Å². The highest BCUT2D eigenvalue weighted by atomic mass is 35.5. The monoisotopic (exact) mass is 1510 g/mol. The molecule has 8 amide bonds. The number of amides is 8. The molecular weight excluding hydrogens is 1420 g/mol. The molecule has 34 heteroatoms. The molecule has 0 saturated carbocycles. The van der Waals surface area contributed by atoms with Crippen LogP contribution in [-0.4, -0.2) is 162 Å².